The summed E-state index contributed by atoms with van der Waals surface area (Å²) in [6.07, 6.45) is -0.914. The lowest BCUT2D eigenvalue weighted by Crippen LogP contribution is -2.17. The van der Waals surface area contributed by atoms with E-state index in [1.54, 1.807) is 18.2 Å². The highest BCUT2D eigenvalue weighted by Crippen LogP contribution is 2.27. The third-order valence-electron chi connectivity index (χ3n) is 1.32. The zero-order chi connectivity index (χ0) is 10.6. The molecule has 0 aliphatic heterocycles. The van der Waals surface area contributed by atoms with Gasteiger partial charge in [-0.15, -0.1) is 0 Å². The van der Waals surface area contributed by atoms with Crippen LogP contribution in [0, 0.1) is 0 Å². The van der Waals surface area contributed by atoms with Crippen molar-refractivity contribution in [3.8, 4) is 5.75 Å². The molecule has 0 heterocycles. The molecule has 0 fully saturated rings. The molecule has 0 aromatic heterocycles. The largest absolute Gasteiger partial charge is 0.426 e. The Morgan fingerprint density at radius 3 is 2.43 bits per heavy atom. The van der Waals surface area contributed by atoms with E-state index in [9.17, 15) is 13.6 Å². The summed E-state index contributed by atoms with van der Waals surface area (Å²) in [6, 6.07) is 8.12. The summed E-state index contributed by atoms with van der Waals surface area (Å²) >= 11 is 0.900. The minimum absolute atomic E-state index is 0.276. The van der Waals surface area contributed by atoms with Gasteiger partial charge in [0.1, 0.15) is 12.2 Å². The Labute approximate surface area is 93.4 Å². The molecule has 0 bridgehead atoms. The number of rotatable bonds is 3. The summed E-state index contributed by atoms with van der Waals surface area (Å²) in [5.74, 6) is -0.659. The van der Waals surface area contributed by atoms with Gasteiger partial charge in [-0.05, 0) is 34.7 Å². The molecule has 1 rings (SSSR count). The molecule has 76 valence electrons. The fourth-order valence-corrected chi connectivity index (χ4v) is 1.13. The van der Waals surface area contributed by atoms with Crippen molar-refractivity contribution in [3.63, 3.8) is 0 Å². The van der Waals surface area contributed by atoms with Gasteiger partial charge in [0, 0.05) is 0 Å². The second kappa shape index (κ2) is 4.68. The zero-order valence-electron chi connectivity index (χ0n) is 7.04. The van der Waals surface area contributed by atoms with Crippen molar-refractivity contribution < 1.29 is 18.3 Å². The number of carbonyl (C=O) groups excluding carboxylic acids is 1. The van der Waals surface area contributed by atoms with Crippen LogP contribution < -0.4 is 4.74 Å². The molecule has 14 heavy (non-hydrogen) atoms. The lowest BCUT2D eigenvalue weighted by atomic mass is 10.3. The van der Waals surface area contributed by atoms with Gasteiger partial charge in [0.25, 0.3) is 0 Å². The Bertz CT molecular complexity index is 308. The van der Waals surface area contributed by atoms with E-state index < -0.39 is 16.3 Å². The first kappa shape index (κ1) is 11.4. The highest BCUT2D eigenvalue weighted by molar-refractivity contribution is 14.1. The first-order valence-corrected chi connectivity index (χ1v) is 4.88. The summed E-state index contributed by atoms with van der Waals surface area (Å²) in [5, 5.41) is 0. The van der Waals surface area contributed by atoms with Crippen LogP contribution in [0.25, 0.3) is 0 Å². The van der Waals surface area contributed by atoms with Crippen molar-refractivity contribution in [1.82, 2.24) is 0 Å². The quantitative estimate of drug-likeness (QED) is 0.371. The van der Waals surface area contributed by atoms with E-state index in [-0.39, 0.29) is 5.75 Å². The summed E-state index contributed by atoms with van der Waals surface area (Å²) in [7, 11) is 0. The Morgan fingerprint density at radius 2 is 1.93 bits per heavy atom. The number of benzene rings is 1. The average molecular weight is 312 g/mol. The molecule has 0 aliphatic rings. The maximum atomic E-state index is 12.4. The van der Waals surface area contributed by atoms with Crippen LogP contribution in [-0.4, -0.2) is 9.90 Å². The second-order valence-electron chi connectivity index (χ2n) is 2.58. The molecule has 5 heteroatoms. The number of para-hydroxylation sites is 1. The van der Waals surface area contributed by atoms with Gasteiger partial charge in [-0.1, -0.05) is 18.2 Å². The lowest BCUT2D eigenvalue weighted by Gasteiger charge is -2.07. The Hall–Kier alpha value is -0.720. The van der Waals surface area contributed by atoms with E-state index >= 15 is 0 Å². The van der Waals surface area contributed by atoms with Crippen LogP contribution in [0.15, 0.2) is 30.3 Å². The van der Waals surface area contributed by atoms with Gasteiger partial charge in [-0.3, -0.25) is 4.79 Å². The van der Waals surface area contributed by atoms with Crippen molar-refractivity contribution in [2.75, 3.05) is 0 Å². The molecule has 2 nitrogen and oxygen atoms in total. The summed E-state index contributed by atoms with van der Waals surface area (Å²) in [4.78, 5) is 10.9. The topological polar surface area (TPSA) is 26.3 Å². The fraction of sp³-hybridized carbons (Fsp3) is 0.222. The van der Waals surface area contributed by atoms with Gasteiger partial charge in [-0.25, -0.2) is 0 Å². The molecule has 0 saturated heterocycles. The number of hydrogen-bond acceptors (Lipinski definition) is 2. The normalized spacial score (nSPS) is 11.1. The molecular formula is C9H7F2IO2. The monoisotopic (exact) mass is 312 g/mol. The molecule has 1 aromatic carbocycles. The summed E-state index contributed by atoms with van der Waals surface area (Å²) in [6.45, 7) is 0. The minimum Gasteiger partial charge on any atom is -0.426 e. The number of halogens is 3. The van der Waals surface area contributed by atoms with E-state index in [2.05, 4.69) is 4.74 Å². The Morgan fingerprint density at radius 1 is 1.36 bits per heavy atom. The van der Waals surface area contributed by atoms with Crippen molar-refractivity contribution >= 4 is 28.6 Å². The van der Waals surface area contributed by atoms with Crippen molar-refractivity contribution in [1.29, 1.82) is 0 Å². The van der Waals surface area contributed by atoms with Crippen molar-refractivity contribution in [2.24, 2.45) is 0 Å². The van der Waals surface area contributed by atoms with E-state index in [1.165, 1.54) is 12.1 Å². The number of esters is 1. The first-order chi connectivity index (χ1) is 6.47. The minimum atomic E-state index is -3.05. The third-order valence-corrected chi connectivity index (χ3v) is 1.70. The van der Waals surface area contributed by atoms with E-state index in [1.807, 2.05) is 0 Å². The van der Waals surface area contributed by atoms with Gasteiger partial charge in [-0.2, -0.15) is 8.78 Å². The number of carbonyl (C=O) groups is 1. The highest BCUT2D eigenvalue weighted by atomic mass is 127. The maximum absolute atomic E-state index is 12.4. The fourth-order valence-electron chi connectivity index (χ4n) is 0.820. The molecule has 0 atom stereocenters. The smallest absolute Gasteiger partial charge is 0.318 e. The molecule has 0 saturated carbocycles. The molecule has 0 amide bonds. The predicted octanol–water partition coefficient (Wildman–Crippen LogP) is 3.01. The summed E-state index contributed by atoms with van der Waals surface area (Å²) < 4.78 is 26.3. The van der Waals surface area contributed by atoms with Crippen LogP contribution in [0.2, 0.25) is 0 Å². The highest BCUT2D eigenvalue weighted by Gasteiger charge is 2.29. The molecule has 0 N–H and O–H groups in total. The molecule has 1 aromatic rings. The van der Waals surface area contributed by atoms with Gasteiger partial charge < -0.3 is 4.74 Å². The van der Waals surface area contributed by atoms with Crippen LogP contribution >= 0.6 is 22.6 Å². The summed E-state index contributed by atoms with van der Waals surface area (Å²) in [5.41, 5.74) is 0. The molecule has 0 aliphatic carbocycles. The Kier molecular flexibility index (Phi) is 3.79. The SMILES string of the molecule is O=C(CC(F)(F)I)Oc1ccccc1. The number of alkyl halides is 3. The molecule has 0 unspecified atom stereocenters. The maximum Gasteiger partial charge on any atom is 0.318 e. The van der Waals surface area contributed by atoms with Gasteiger partial charge in [0.2, 0.25) is 0 Å². The Balaban J connectivity index is 2.50. The number of hydrogen-bond donors (Lipinski definition) is 0. The van der Waals surface area contributed by atoms with Crippen LogP contribution in [0.5, 0.6) is 5.75 Å². The van der Waals surface area contributed by atoms with E-state index in [0.29, 0.717) is 0 Å². The first-order valence-electron chi connectivity index (χ1n) is 3.80. The van der Waals surface area contributed by atoms with Crippen LogP contribution in [0.4, 0.5) is 8.78 Å². The van der Waals surface area contributed by atoms with E-state index in [0.717, 1.165) is 22.6 Å². The van der Waals surface area contributed by atoms with Gasteiger partial charge in [0.15, 0.2) is 0 Å². The van der Waals surface area contributed by atoms with Crippen LogP contribution in [-0.2, 0) is 4.79 Å². The molecular weight excluding hydrogens is 305 g/mol. The standard InChI is InChI=1S/C9H7F2IO2/c10-9(11,12)6-8(13)14-7-4-2-1-3-5-7/h1-5H,6H2. The van der Waals surface area contributed by atoms with E-state index in [4.69, 9.17) is 0 Å². The van der Waals surface area contributed by atoms with Gasteiger partial charge >= 0.3 is 9.90 Å². The third kappa shape index (κ3) is 4.50. The molecule has 0 radical (unpaired) electrons. The van der Waals surface area contributed by atoms with Crippen LogP contribution in [0.3, 0.4) is 0 Å². The lowest BCUT2D eigenvalue weighted by molar-refractivity contribution is -0.137. The predicted molar refractivity (Wildman–Crippen MR) is 55.7 cm³/mol. The van der Waals surface area contributed by atoms with Gasteiger partial charge in [0.05, 0.1) is 0 Å². The number of ether oxygens (including phenoxy) is 1. The second-order valence-corrected chi connectivity index (χ2v) is 4.16. The zero-order valence-corrected chi connectivity index (χ0v) is 9.20. The van der Waals surface area contributed by atoms with Crippen molar-refractivity contribution in [3.05, 3.63) is 30.3 Å². The molecule has 0 spiro atoms. The van der Waals surface area contributed by atoms with Crippen molar-refractivity contribution in [2.45, 2.75) is 10.4 Å². The van der Waals surface area contributed by atoms with Crippen LogP contribution in [0.1, 0.15) is 6.42 Å². The average Bonchev–Trinajstić information content (AvgIpc) is 2.02.